The van der Waals surface area contributed by atoms with Gasteiger partial charge in [0.2, 0.25) is 5.96 Å². The summed E-state index contributed by atoms with van der Waals surface area (Å²) >= 11 is 12.0. The van der Waals surface area contributed by atoms with Crippen molar-refractivity contribution >= 4 is 29.2 Å². The predicted molar refractivity (Wildman–Crippen MR) is 109 cm³/mol. The molecular formula is C20H15Cl2N5. The quantitative estimate of drug-likeness (QED) is 0.292. The number of hydrogen-bond donors (Lipinski definition) is 2. The normalized spacial score (nSPS) is 11.1. The van der Waals surface area contributed by atoms with Crippen LogP contribution >= 0.6 is 23.2 Å². The van der Waals surface area contributed by atoms with E-state index in [1.54, 1.807) is 12.4 Å². The molecule has 0 aliphatic carbocycles. The molecule has 134 valence electrons. The number of hydrogen-bond acceptors (Lipinski definition) is 3. The molecule has 0 aliphatic rings. The van der Waals surface area contributed by atoms with Gasteiger partial charge >= 0.3 is 0 Å². The zero-order valence-electron chi connectivity index (χ0n) is 14.2. The molecule has 27 heavy (non-hydrogen) atoms. The maximum Gasteiger partial charge on any atom is 0.202 e. The summed E-state index contributed by atoms with van der Waals surface area (Å²) in [5.74, 6) is 0.0623. The lowest BCUT2D eigenvalue weighted by atomic mass is 9.98. The largest absolute Gasteiger partial charge is 0.369 e. The second kappa shape index (κ2) is 8.54. The number of rotatable bonds is 4. The standard InChI is InChI=1S/C20H15Cl2N5/c21-16-5-1-14(2-6-16)18-9-13(11-26-20(24)27-12-23)10-25-19(18)15-3-7-17(22)8-4-15/h1-10H,11H2,(H3,24,26,27). The van der Waals surface area contributed by atoms with Gasteiger partial charge in [0, 0.05) is 27.4 Å². The van der Waals surface area contributed by atoms with Crippen LogP contribution in [0.1, 0.15) is 5.56 Å². The van der Waals surface area contributed by atoms with Crippen LogP contribution in [0.25, 0.3) is 22.4 Å². The van der Waals surface area contributed by atoms with Crippen molar-refractivity contribution in [2.45, 2.75) is 6.54 Å². The lowest BCUT2D eigenvalue weighted by Crippen LogP contribution is -2.27. The number of nitriles is 1. The van der Waals surface area contributed by atoms with Gasteiger partial charge in [-0.2, -0.15) is 5.26 Å². The van der Waals surface area contributed by atoms with Gasteiger partial charge in [0.1, 0.15) is 0 Å². The third-order valence-electron chi connectivity index (χ3n) is 3.83. The number of aliphatic imine (C=N–C) groups is 1. The summed E-state index contributed by atoms with van der Waals surface area (Å²) in [5.41, 5.74) is 10.2. The summed E-state index contributed by atoms with van der Waals surface area (Å²) < 4.78 is 0. The van der Waals surface area contributed by atoms with Crippen LogP contribution in [0.15, 0.2) is 65.8 Å². The molecule has 3 aromatic rings. The third-order valence-corrected chi connectivity index (χ3v) is 4.34. The number of pyridine rings is 1. The minimum absolute atomic E-state index is 0.0623. The van der Waals surface area contributed by atoms with Gasteiger partial charge < -0.3 is 5.73 Å². The fourth-order valence-corrected chi connectivity index (χ4v) is 2.81. The van der Waals surface area contributed by atoms with E-state index in [4.69, 9.17) is 34.2 Å². The van der Waals surface area contributed by atoms with Crippen LogP contribution in [0.2, 0.25) is 10.0 Å². The molecule has 3 N–H and O–H groups in total. The molecule has 7 heteroatoms. The number of halogens is 2. The van der Waals surface area contributed by atoms with E-state index >= 15 is 0 Å². The monoisotopic (exact) mass is 395 g/mol. The lowest BCUT2D eigenvalue weighted by Gasteiger charge is -2.11. The molecule has 1 heterocycles. The zero-order chi connectivity index (χ0) is 19.2. The SMILES string of the molecule is N#CNC(N)=NCc1cnc(-c2ccc(Cl)cc2)c(-c2ccc(Cl)cc2)c1. The summed E-state index contributed by atoms with van der Waals surface area (Å²) in [5, 5.41) is 12.2. The van der Waals surface area contributed by atoms with Gasteiger partial charge in [-0.1, -0.05) is 47.5 Å². The number of benzene rings is 2. The average Bonchev–Trinajstić information content (AvgIpc) is 2.68. The van der Waals surface area contributed by atoms with E-state index in [0.29, 0.717) is 16.6 Å². The Morgan fingerprint density at radius 1 is 1.04 bits per heavy atom. The first kappa shape index (κ1) is 18.7. The molecule has 0 fully saturated rings. The molecule has 1 aromatic heterocycles. The maximum atomic E-state index is 8.58. The Balaban J connectivity index is 2.05. The Hall–Kier alpha value is -3.07. The lowest BCUT2D eigenvalue weighted by molar-refractivity contribution is 1.02. The Morgan fingerprint density at radius 2 is 1.63 bits per heavy atom. The molecule has 0 aliphatic heterocycles. The summed E-state index contributed by atoms with van der Waals surface area (Å²) in [6.45, 7) is 0.301. The van der Waals surface area contributed by atoms with Crippen molar-refractivity contribution in [2.75, 3.05) is 0 Å². The molecule has 0 unspecified atom stereocenters. The van der Waals surface area contributed by atoms with Gasteiger partial charge in [0.15, 0.2) is 6.19 Å². The van der Waals surface area contributed by atoms with E-state index in [0.717, 1.165) is 27.9 Å². The van der Waals surface area contributed by atoms with Crippen LogP contribution in [0.4, 0.5) is 0 Å². The number of nitrogens with two attached hydrogens (primary N) is 1. The van der Waals surface area contributed by atoms with Crippen LogP contribution in [0.5, 0.6) is 0 Å². The third kappa shape index (κ3) is 4.76. The Labute approximate surface area is 167 Å². The second-order valence-corrected chi connectivity index (χ2v) is 6.56. The number of aromatic nitrogens is 1. The van der Waals surface area contributed by atoms with Crippen LogP contribution in [-0.2, 0) is 6.54 Å². The van der Waals surface area contributed by atoms with Gasteiger partial charge in [-0.3, -0.25) is 10.3 Å². The molecule has 0 atom stereocenters. The van der Waals surface area contributed by atoms with Gasteiger partial charge in [-0.25, -0.2) is 4.99 Å². The first-order valence-corrected chi connectivity index (χ1v) is 8.78. The molecule has 2 aromatic carbocycles. The molecule has 3 rings (SSSR count). The van der Waals surface area contributed by atoms with Crippen LogP contribution in [0.3, 0.4) is 0 Å². The van der Waals surface area contributed by atoms with Crippen molar-refractivity contribution in [3.63, 3.8) is 0 Å². The second-order valence-electron chi connectivity index (χ2n) is 5.69. The zero-order valence-corrected chi connectivity index (χ0v) is 15.7. The predicted octanol–water partition coefficient (Wildman–Crippen LogP) is 4.61. The Morgan fingerprint density at radius 3 is 2.22 bits per heavy atom. The highest BCUT2D eigenvalue weighted by atomic mass is 35.5. The first-order chi connectivity index (χ1) is 13.1. The van der Waals surface area contributed by atoms with Crippen LogP contribution < -0.4 is 11.1 Å². The minimum atomic E-state index is 0.0623. The molecule has 0 amide bonds. The number of nitrogens with zero attached hydrogens (tertiary/aromatic N) is 3. The molecule has 0 bridgehead atoms. The minimum Gasteiger partial charge on any atom is -0.369 e. The van der Waals surface area contributed by atoms with Crippen molar-refractivity contribution in [3.05, 3.63) is 76.4 Å². The van der Waals surface area contributed by atoms with Gasteiger partial charge in [-0.05, 0) is 41.5 Å². The molecule has 0 saturated heterocycles. The highest BCUT2D eigenvalue weighted by molar-refractivity contribution is 6.31. The van der Waals surface area contributed by atoms with E-state index in [-0.39, 0.29) is 5.96 Å². The van der Waals surface area contributed by atoms with Crippen molar-refractivity contribution in [2.24, 2.45) is 10.7 Å². The van der Waals surface area contributed by atoms with Crippen molar-refractivity contribution < 1.29 is 0 Å². The van der Waals surface area contributed by atoms with Gasteiger partial charge in [0.25, 0.3) is 0 Å². The van der Waals surface area contributed by atoms with E-state index in [2.05, 4.69) is 15.3 Å². The molecule has 0 spiro atoms. The van der Waals surface area contributed by atoms with Gasteiger partial charge in [-0.15, -0.1) is 0 Å². The maximum absolute atomic E-state index is 8.58. The highest BCUT2D eigenvalue weighted by Crippen LogP contribution is 2.32. The van der Waals surface area contributed by atoms with Gasteiger partial charge in [0.05, 0.1) is 12.2 Å². The number of guanidine groups is 1. The topological polar surface area (TPSA) is 87.1 Å². The Kier molecular flexibility index (Phi) is 5.92. The average molecular weight is 396 g/mol. The summed E-state index contributed by atoms with van der Waals surface area (Å²) in [6.07, 6.45) is 3.48. The summed E-state index contributed by atoms with van der Waals surface area (Å²) in [6, 6.07) is 17.1. The van der Waals surface area contributed by atoms with Crippen LogP contribution in [0, 0.1) is 11.5 Å². The Bertz CT molecular complexity index is 1010. The molecular weight excluding hydrogens is 381 g/mol. The summed E-state index contributed by atoms with van der Waals surface area (Å²) in [4.78, 5) is 8.76. The molecule has 0 saturated carbocycles. The molecule has 0 radical (unpaired) electrons. The smallest absolute Gasteiger partial charge is 0.202 e. The van der Waals surface area contributed by atoms with Crippen molar-refractivity contribution in [1.29, 1.82) is 5.26 Å². The molecule has 5 nitrogen and oxygen atoms in total. The van der Waals surface area contributed by atoms with Crippen molar-refractivity contribution in [1.82, 2.24) is 10.3 Å². The fourth-order valence-electron chi connectivity index (χ4n) is 2.56. The van der Waals surface area contributed by atoms with E-state index in [9.17, 15) is 0 Å². The van der Waals surface area contributed by atoms with E-state index in [1.807, 2.05) is 54.6 Å². The highest BCUT2D eigenvalue weighted by Gasteiger charge is 2.11. The fraction of sp³-hybridized carbons (Fsp3) is 0.0500. The van der Waals surface area contributed by atoms with Crippen LogP contribution in [-0.4, -0.2) is 10.9 Å². The van der Waals surface area contributed by atoms with E-state index < -0.39 is 0 Å². The van der Waals surface area contributed by atoms with E-state index in [1.165, 1.54) is 0 Å². The number of nitrogens with one attached hydrogen (secondary N) is 1. The van der Waals surface area contributed by atoms with Crippen molar-refractivity contribution in [3.8, 4) is 28.6 Å². The summed E-state index contributed by atoms with van der Waals surface area (Å²) in [7, 11) is 0. The first-order valence-electron chi connectivity index (χ1n) is 8.02.